The molecule has 0 radical (unpaired) electrons. The summed E-state index contributed by atoms with van der Waals surface area (Å²) in [6, 6.07) is 28.8. The van der Waals surface area contributed by atoms with Gasteiger partial charge in [0.1, 0.15) is 10.9 Å². The minimum Gasteiger partial charge on any atom is -0.349 e. The van der Waals surface area contributed by atoms with Crippen molar-refractivity contribution in [1.29, 1.82) is 10.7 Å². The van der Waals surface area contributed by atoms with Crippen LogP contribution in [0.4, 0.5) is 11.4 Å². The Balaban J connectivity index is 1.61. The molecule has 148 valence electrons. The van der Waals surface area contributed by atoms with Crippen LogP contribution in [0.2, 0.25) is 0 Å². The molecule has 0 bridgehead atoms. The van der Waals surface area contributed by atoms with Gasteiger partial charge in [0.05, 0.1) is 34.0 Å². The van der Waals surface area contributed by atoms with Crippen LogP contribution in [-0.4, -0.2) is 5.84 Å². The fourth-order valence-electron chi connectivity index (χ4n) is 4.28. The molecule has 2 N–H and O–H groups in total. The quantitative estimate of drug-likeness (QED) is 0.454. The zero-order valence-electron chi connectivity index (χ0n) is 16.3. The smallest absolute Gasteiger partial charge is 0.137 e. The van der Waals surface area contributed by atoms with Crippen LogP contribution < -0.4 is 10.2 Å². The minimum atomic E-state index is -0.295. The molecule has 3 aromatic rings. The number of fused-ring (bicyclic) bond motifs is 4. The largest absolute Gasteiger partial charge is 0.349 e. The summed E-state index contributed by atoms with van der Waals surface area (Å²) in [5.74, 6) is 0.124. The molecule has 3 aliphatic heterocycles. The summed E-state index contributed by atoms with van der Waals surface area (Å²) in [5.41, 5.74) is 4.55. The van der Waals surface area contributed by atoms with Crippen LogP contribution in [0.15, 0.2) is 110 Å². The van der Waals surface area contributed by atoms with Crippen molar-refractivity contribution in [1.82, 2.24) is 0 Å². The van der Waals surface area contributed by atoms with Crippen molar-refractivity contribution < 1.29 is 0 Å². The maximum Gasteiger partial charge on any atom is 0.137 e. The standard InChI is InChI=1S/C25H16N4S2/c26-14-16-21(15-8-2-1-3-9-15)22(24-28-17-10-4-6-12-19(17)30-24)23(27)29-18-11-5-7-13-20(18)31-25(16)29/h1-13,21,27-28H. The lowest BCUT2D eigenvalue weighted by Gasteiger charge is -2.35. The van der Waals surface area contributed by atoms with Crippen LogP contribution in [0.25, 0.3) is 0 Å². The molecule has 6 heteroatoms. The number of thioether (sulfide) groups is 2. The number of hydrogen-bond acceptors (Lipinski definition) is 5. The maximum atomic E-state index is 10.3. The van der Waals surface area contributed by atoms with Crippen LogP contribution in [0.1, 0.15) is 11.5 Å². The van der Waals surface area contributed by atoms with Crippen molar-refractivity contribution in [2.75, 3.05) is 10.2 Å². The van der Waals surface area contributed by atoms with Crippen LogP contribution in [0, 0.1) is 16.7 Å². The number of benzene rings is 3. The van der Waals surface area contributed by atoms with E-state index in [4.69, 9.17) is 0 Å². The van der Waals surface area contributed by atoms with Gasteiger partial charge in [0, 0.05) is 15.4 Å². The van der Waals surface area contributed by atoms with Gasteiger partial charge in [-0.15, -0.1) is 0 Å². The third-order valence-corrected chi connectivity index (χ3v) is 7.91. The van der Waals surface area contributed by atoms with Crippen molar-refractivity contribution in [3.05, 3.63) is 106 Å². The topological polar surface area (TPSA) is 62.9 Å². The van der Waals surface area contributed by atoms with E-state index >= 15 is 0 Å². The number of amidine groups is 1. The van der Waals surface area contributed by atoms with E-state index in [1.165, 1.54) is 0 Å². The number of anilines is 2. The first-order valence-corrected chi connectivity index (χ1v) is 11.5. The van der Waals surface area contributed by atoms with Crippen LogP contribution in [0.5, 0.6) is 0 Å². The van der Waals surface area contributed by atoms with Crippen LogP contribution in [-0.2, 0) is 0 Å². The molecule has 0 saturated carbocycles. The highest BCUT2D eigenvalue weighted by molar-refractivity contribution is 8.04. The molecule has 0 fully saturated rings. The van der Waals surface area contributed by atoms with Crippen molar-refractivity contribution in [3.63, 3.8) is 0 Å². The number of nitriles is 1. The molecule has 31 heavy (non-hydrogen) atoms. The number of hydrogen-bond donors (Lipinski definition) is 2. The Morgan fingerprint density at radius 2 is 1.58 bits per heavy atom. The Labute approximate surface area is 188 Å². The van der Waals surface area contributed by atoms with E-state index in [2.05, 4.69) is 23.5 Å². The first-order valence-electron chi connectivity index (χ1n) is 9.89. The number of nitrogens with zero attached hydrogens (tertiary/aromatic N) is 2. The predicted molar refractivity (Wildman–Crippen MR) is 127 cm³/mol. The Morgan fingerprint density at radius 1 is 0.871 bits per heavy atom. The van der Waals surface area contributed by atoms with E-state index in [0.717, 1.165) is 42.4 Å². The van der Waals surface area contributed by atoms with Gasteiger partial charge in [0.2, 0.25) is 0 Å². The van der Waals surface area contributed by atoms with Crippen molar-refractivity contribution in [3.8, 4) is 6.07 Å². The summed E-state index contributed by atoms with van der Waals surface area (Å²) in [4.78, 5) is 4.14. The third-order valence-electron chi connectivity index (χ3n) is 5.65. The normalized spacial score (nSPS) is 21.3. The van der Waals surface area contributed by atoms with Gasteiger partial charge in [-0.2, -0.15) is 5.26 Å². The van der Waals surface area contributed by atoms with E-state index in [9.17, 15) is 10.7 Å². The molecule has 4 nitrogen and oxygen atoms in total. The van der Waals surface area contributed by atoms with E-state index in [-0.39, 0.29) is 5.92 Å². The molecule has 0 amide bonds. The lowest BCUT2D eigenvalue weighted by Crippen LogP contribution is -2.37. The molecule has 3 aromatic carbocycles. The average molecular weight is 437 g/mol. The first kappa shape index (κ1) is 18.4. The summed E-state index contributed by atoms with van der Waals surface area (Å²) >= 11 is 3.21. The molecule has 6 rings (SSSR count). The van der Waals surface area contributed by atoms with E-state index in [0.29, 0.717) is 11.4 Å². The van der Waals surface area contributed by atoms with Gasteiger partial charge >= 0.3 is 0 Å². The van der Waals surface area contributed by atoms with Gasteiger partial charge < -0.3 is 5.32 Å². The fourth-order valence-corrected chi connectivity index (χ4v) is 6.53. The zero-order chi connectivity index (χ0) is 20.9. The van der Waals surface area contributed by atoms with E-state index in [1.54, 1.807) is 23.5 Å². The highest BCUT2D eigenvalue weighted by atomic mass is 32.2. The number of para-hydroxylation sites is 2. The van der Waals surface area contributed by atoms with Gasteiger partial charge in [-0.1, -0.05) is 78.1 Å². The van der Waals surface area contributed by atoms with Crippen LogP contribution >= 0.6 is 23.5 Å². The van der Waals surface area contributed by atoms with Crippen molar-refractivity contribution in [2.45, 2.75) is 15.7 Å². The van der Waals surface area contributed by atoms with E-state index in [1.807, 2.05) is 71.6 Å². The minimum absolute atomic E-state index is 0.295. The molecule has 0 aliphatic carbocycles. The molecule has 3 aliphatic rings. The first-order chi connectivity index (χ1) is 15.3. The summed E-state index contributed by atoms with van der Waals surface area (Å²) < 4.78 is 0. The summed E-state index contributed by atoms with van der Waals surface area (Å²) in [6.45, 7) is 0. The highest BCUT2D eigenvalue weighted by Gasteiger charge is 2.44. The highest BCUT2D eigenvalue weighted by Crippen LogP contribution is 2.56. The third kappa shape index (κ3) is 2.74. The molecule has 3 heterocycles. The summed E-state index contributed by atoms with van der Waals surface area (Å²) in [5, 5.41) is 24.9. The SMILES string of the molecule is N#CC1=C2Sc3ccccc3N2C(=N)C(=C2Nc3ccccc3S2)C1c1ccccc1. The zero-order valence-corrected chi connectivity index (χ0v) is 17.9. The van der Waals surface area contributed by atoms with Gasteiger partial charge in [0.25, 0.3) is 0 Å². The predicted octanol–water partition coefficient (Wildman–Crippen LogP) is 6.54. The second-order valence-corrected chi connectivity index (χ2v) is 9.48. The molecule has 0 aromatic heterocycles. The monoisotopic (exact) mass is 436 g/mol. The lowest BCUT2D eigenvalue weighted by atomic mass is 9.82. The summed E-state index contributed by atoms with van der Waals surface area (Å²) in [6.07, 6.45) is 0. The molecule has 0 saturated heterocycles. The molecule has 0 spiro atoms. The summed E-state index contributed by atoms with van der Waals surface area (Å²) in [7, 11) is 0. The average Bonchev–Trinajstić information content (AvgIpc) is 3.41. The number of allylic oxidation sites excluding steroid dienone is 1. The van der Waals surface area contributed by atoms with Gasteiger partial charge in [0.15, 0.2) is 0 Å². The van der Waals surface area contributed by atoms with Gasteiger partial charge in [-0.05, 0) is 29.8 Å². The molecule has 1 atom stereocenters. The molecule has 1 unspecified atom stereocenters. The Kier molecular flexibility index (Phi) is 4.20. The van der Waals surface area contributed by atoms with E-state index < -0.39 is 0 Å². The Bertz CT molecular complexity index is 1320. The van der Waals surface area contributed by atoms with Crippen molar-refractivity contribution in [2.24, 2.45) is 0 Å². The Morgan fingerprint density at radius 3 is 2.35 bits per heavy atom. The Hall–Kier alpha value is -3.40. The second-order valence-electron chi connectivity index (χ2n) is 7.39. The van der Waals surface area contributed by atoms with Crippen molar-refractivity contribution >= 4 is 40.7 Å². The second kappa shape index (κ2) is 7.09. The van der Waals surface area contributed by atoms with Crippen LogP contribution in [0.3, 0.4) is 0 Å². The molecular formula is C25H16N4S2. The number of nitrogens with one attached hydrogen (secondary N) is 2. The maximum absolute atomic E-state index is 10.3. The fraction of sp³-hybridized carbons (Fsp3) is 0.0400. The van der Waals surface area contributed by atoms with Gasteiger partial charge in [-0.3, -0.25) is 10.3 Å². The lowest BCUT2D eigenvalue weighted by molar-refractivity contribution is 0.939. The number of rotatable bonds is 1. The van der Waals surface area contributed by atoms with Gasteiger partial charge in [-0.25, -0.2) is 0 Å². The molecular weight excluding hydrogens is 420 g/mol.